The standard InChI is InChI=1S/C16H20F2N4O4/c1-2-20-13(15(19)24)16(25)21-9-3-4-11(10(7-9)14(17)18)22-5-6-26-8-12(22)23/h3-4,7,13-14,20H,2,5-6,8H2,1H3,(H2,19,24)(H,21,25)/t13-/m1/s1. The fourth-order valence-electron chi connectivity index (χ4n) is 2.57. The van der Waals surface area contributed by atoms with Crippen molar-refractivity contribution in [3.8, 4) is 0 Å². The molecule has 3 amide bonds. The van der Waals surface area contributed by atoms with Crippen LogP contribution in [0.4, 0.5) is 20.2 Å². The van der Waals surface area contributed by atoms with Gasteiger partial charge in [-0.05, 0) is 24.7 Å². The second-order valence-electron chi connectivity index (χ2n) is 5.55. The quantitative estimate of drug-likeness (QED) is 0.601. The molecular formula is C16H20F2N4O4. The Hall–Kier alpha value is -2.59. The van der Waals surface area contributed by atoms with E-state index < -0.39 is 35.8 Å². The van der Waals surface area contributed by atoms with E-state index in [1.54, 1.807) is 6.92 Å². The van der Waals surface area contributed by atoms with Gasteiger partial charge in [0.15, 0.2) is 6.04 Å². The maximum Gasteiger partial charge on any atom is 0.265 e. The van der Waals surface area contributed by atoms with Crippen LogP contribution < -0.4 is 21.3 Å². The van der Waals surface area contributed by atoms with Crippen LogP contribution in [0.15, 0.2) is 18.2 Å². The zero-order chi connectivity index (χ0) is 19.3. The molecule has 1 heterocycles. The molecule has 1 aromatic rings. The Morgan fingerprint density at radius 2 is 2.12 bits per heavy atom. The zero-order valence-corrected chi connectivity index (χ0v) is 14.1. The smallest absolute Gasteiger partial charge is 0.265 e. The monoisotopic (exact) mass is 370 g/mol. The highest BCUT2D eigenvalue weighted by atomic mass is 19.3. The van der Waals surface area contributed by atoms with Crippen LogP contribution in [0.1, 0.15) is 18.9 Å². The lowest BCUT2D eigenvalue weighted by molar-refractivity contribution is -0.128. The summed E-state index contributed by atoms with van der Waals surface area (Å²) in [4.78, 5) is 36.6. The molecule has 0 spiro atoms. The highest BCUT2D eigenvalue weighted by Crippen LogP contribution is 2.33. The number of benzene rings is 1. The van der Waals surface area contributed by atoms with Crippen LogP contribution in [0.5, 0.6) is 0 Å². The number of nitrogens with two attached hydrogens (primary N) is 1. The Balaban J connectivity index is 2.26. The first-order chi connectivity index (χ1) is 12.3. The first-order valence-corrected chi connectivity index (χ1v) is 7.99. The second-order valence-corrected chi connectivity index (χ2v) is 5.55. The van der Waals surface area contributed by atoms with Gasteiger partial charge in [0.25, 0.3) is 18.2 Å². The number of morpholine rings is 1. The van der Waals surface area contributed by atoms with Gasteiger partial charge in [-0.1, -0.05) is 6.92 Å². The SMILES string of the molecule is CCN[C@H](C(N)=O)C(=O)Nc1ccc(N2CCOCC2=O)c(C(F)F)c1. The van der Waals surface area contributed by atoms with Crippen LogP contribution in [0, 0.1) is 0 Å². The average molecular weight is 370 g/mol. The van der Waals surface area contributed by atoms with Crippen molar-refractivity contribution in [2.75, 3.05) is 36.5 Å². The minimum Gasteiger partial charge on any atom is -0.370 e. The number of nitrogens with one attached hydrogen (secondary N) is 2. The summed E-state index contributed by atoms with van der Waals surface area (Å²) >= 11 is 0. The van der Waals surface area contributed by atoms with Crippen molar-refractivity contribution in [3.63, 3.8) is 0 Å². The number of carbonyl (C=O) groups is 3. The van der Waals surface area contributed by atoms with Crippen molar-refractivity contribution in [1.29, 1.82) is 0 Å². The van der Waals surface area contributed by atoms with Crippen molar-refractivity contribution < 1.29 is 27.9 Å². The summed E-state index contributed by atoms with van der Waals surface area (Å²) in [5.41, 5.74) is 4.88. The summed E-state index contributed by atoms with van der Waals surface area (Å²) < 4.78 is 31.9. The summed E-state index contributed by atoms with van der Waals surface area (Å²) in [6.45, 7) is 2.24. The summed E-state index contributed by atoms with van der Waals surface area (Å²) in [5, 5.41) is 4.99. The number of amides is 3. The number of ether oxygens (including phenoxy) is 1. The molecule has 10 heteroatoms. The molecule has 1 atom stereocenters. The summed E-state index contributed by atoms with van der Waals surface area (Å²) in [6.07, 6.45) is -2.86. The van der Waals surface area contributed by atoms with Crippen molar-refractivity contribution in [3.05, 3.63) is 23.8 Å². The predicted molar refractivity (Wildman–Crippen MR) is 89.9 cm³/mol. The molecule has 1 aliphatic heterocycles. The van der Waals surface area contributed by atoms with Gasteiger partial charge in [-0.15, -0.1) is 0 Å². The van der Waals surface area contributed by atoms with Gasteiger partial charge in [0.05, 0.1) is 12.3 Å². The normalized spacial score (nSPS) is 15.8. The second kappa shape index (κ2) is 8.68. The molecule has 0 aromatic heterocycles. The molecule has 1 saturated heterocycles. The Kier molecular flexibility index (Phi) is 6.58. The summed E-state index contributed by atoms with van der Waals surface area (Å²) in [6, 6.07) is 2.50. The molecule has 0 saturated carbocycles. The van der Waals surface area contributed by atoms with Crippen LogP contribution >= 0.6 is 0 Å². The van der Waals surface area contributed by atoms with Crippen LogP contribution in [0.3, 0.4) is 0 Å². The van der Waals surface area contributed by atoms with E-state index in [-0.39, 0.29) is 31.1 Å². The van der Waals surface area contributed by atoms with Crippen LogP contribution in [0.2, 0.25) is 0 Å². The van der Waals surface area contributed by atoms with Crippen molar-refractivity contribution >= 4 is 29.1 Å². The van der Waals surface area contributed by atoms with Crippen molar-refractivity contribution in [1.82, 2.24) is 5.32 Å². The van der Waals surface area contributed by atoms with Crippen molar-refractivity contribution in [2.24, 2.45) is 5.73 Å². The van der Waals surface area contributed by atoms with E-state index in [1.165, 1.54) is 17.0 Å². The van der Waals surface area contributed by atoms with E-state index in [0.29, 0.717) is 6.54 Å². The lowest BCUT2D eigenvalue weighted by Gasteiger charge is -2.29. The molecule has 0 radical (unpaired) electrons. The van der Waals surface area contributed by atoms with E-state index in [2.05, 4.69) is 10.6 Å². The number of halogens is 2. The molecule has 0 aliphatic carbocycles. The van der Waals surface area contributed by atoms with Gasteiger partial charge in [-0.3, -0.25) is 19.7 Å². The number of hydrogen-bond donors (Lipinski definition) is 3. The van der Waals surface area contributed by atoms with Crippen LogP contribution in [-0.4, -0.2) is 50.1 Å². The number of alkyl halides is 2. The molecule has 0 unspecified atom stereocenters. The van der Waals surface area contributed by atoms with Crippen LogP contribution in [0.25, 0.3) is 0 Å². The molecule has 1 aromatic carbocycles. The van der Waals surface area contributed by atoms with Gasteiger partial charge in [-0.25, -0.2) is 8.78 Å². The maximum atomic E-state index is 13.5. The van der Waals surface area contributed by atoms with Crippen molar-refractivity contribution in [2.45, 2.75) is 19.4 Å². The van der Waals surface area contributed by atoms with E-state index in [1.807, 2.05) is 0 Å². The number of anilines is 2. The fourth-order valence-corrected chi connectivity index (χ4v) is 2.57. The van der Waals surface area contributed by atoms with Gasteiger partial charge in [0, 0.05) is 17.8 Å². The number of hydrogen-bond acceptors (Lipinski definition) is 5. The van der Waals surface area contributed by atoms with Gasteiger partial charge in [0.2, 0.25) is 5.91 Å². The first-order valence-electron chi connectivity index (χ1n) is 7.99. The third-order valence-corrected chi connectivity index (χ3v) is 3.76. The molecule has 1 fully saturated rings. The number of rotatable bonds is 7. The first kappa shape index (κ1) is 19.7. The van der Waals surface area contributed by atoms with E-state index >= 15 is 0 Å². The molecule has 142 valence electrons. The number of likely N-dealkylation sites (N-methyl/N-ethyl adjacent to an activating group) is 1. The van der Waals surface area contributed by atoms with Crippen LogP contribution in [-0.2, 0) is 19.1 Å². The Bertz CT molecular complexity index is 699. The zero-order valence-electron chi connectivity index (χ0n) is 14.1. The molecule has 2 rings (SSSR count). The topological polar surface area (TPSA) is 114 Å². The molecule has 0 bridgehead atoms. The maximum absolute atomic E-state index is 13.5. The molecule has 4 N–H and O–H groups in total. The predicted octanol–water partition coefficient (Wildman–Crippen LogP) is 0.389. The van der Waals surface area contributed by atoms with E-state index in [9.17, 15) is 23.2 Å². The van der Waals surface area contributed by atoms with Gasteiger partial charge in [-0.2, -0.15) is 0 Å². The average Bonchev–Trinajstić information content (AvgIpc) is 2.59. The molecule has 8 nitrogen and oxygen atoms in total. The van der Waals surface area contributed by atoms with Gasteiger partial charge >= 0.3 is 0 Å². The third kappa shape index (κ3) is 4.52. The highest BCUT2D eigenvalue weighted by Gasteiger charge is 2.27. The highest BCUT2D eigenvalue weighted by molar-refractivity contribution is 6.09. The number of primary amides is 1. The third-order valence-electron chi connectivity index (χ3n) is 3.76. The number of nitrogens with zero attached hydrogens (tertiary/aromatic N) is 1. The Morgan fingerprint density at radius 3 is 2.69 bits per heavy atom. The van der Waals surface area contributed by atoms with E-state index in [4.69, 9.17) is 10.5 Å². The minimum absolute atomic E-state index is 0.0597. The van der Waals surface area contributed by atoms with Gasteiger partial charge < -0.3 is 20.7 Å². The Labute approximate surface area is 148 Å². The van der Waals surface area contributed by atoms with Gasteiger partial charge in [0.1, 0.15) is 6.61 Å². The molecule has 26 heavy (non-hydrogen) atoms. The largest absolute Gasteiger partial charge is 0.370 e. The summed E-state index contributed by atoms with van der Waals surface area (Å²) in [5.74, 6) is -2.06. The Morgan fingerprint density at radius 1 is 1.38 bits per heavy atom. The van der Waals surface area contributed by atoms with E-state index in [0.717, 1.165) is 6.07 Å². The lowest BCUT2D eigenvalue weighted by atomic mass is 10.1. The lowest BCUT2D eigenvalue weighted by Crippen LogP contribution is -2.49. The minimum atomic E-state index is -2.86. The molecular weight excluding hydrogens is 350 g/mol. The fraction of sp³-hybridized carbons (Fsp3) is 0.438. The molecule has 1 aliphatic rings. The summed E-state index contributed by atoms with van der Waals surface area (Å²) in [7, 11) is 0. The number of carbonyl (C=O) groups excluding carboxylic acids is 3.